The Kier molecular flexibility index (Phi) is 8.82. The van der Waals surface area contributed by atoms with E-state index in [4.69, 9.17) is 14.2 Å². The van der Waals surface area contributed by atoms with E-state index in [1.54, 1.807) is 18.2 Å². The minimum absolute atomic E-state index is 0.00765. The van der Waals surface area contributed by atoms with E-state index >= 15 is 0 Å². The van der Waals surface area contributed by atoms with Crippen molar-refractivity contribution in [1.82, 2.24) is 5.32 Å². The van der Waals surface area contributed by atoms with Crippen LogP contribution in [-0.4, -0.2) is 45.4 Å². The lowest BCUT2D eigenvalue weighted by molar-refractivity contribution is -0.126. The molecule has 0 saturated heterocycles. The molecule has 0 aliphatic carbocycles. The van der Waals surface area contributed by atoms with Gasteiger partial charge in [0.05, 0.1) is 6.61 Å². The third-order valence-corrected chi connectivity index (χ3v) is 3.45. The highest BCUT2D eigenvalue weighted by atomic mass is 16.5. The van der Waals surface area contributed by atoms with Crippen molar-refractivity contribution >= 4 is 17.5 Å². The molecule has 0 fully saturated rings. The molecule has 2 aromatic rings. The summed E-state index contributed by atoms with van der Waals surface area (Å²) >= 11 is 0. The lowest BCUT2D eigenvalue weighted by Gasteiger charge is -2.09. The number of hydrogen-bond acceptors (Lipinski definition) is 5. The number of ether oxygens (including phenoxy) is 3. The summed E-state index contributed by atoms with van der Waals surface area (Å²) in [5, 5.41) is 5.49. The standard InChI is InChI=1S/C20H24N2O5/c1-25-14-20(24)22-17-7-5-6-16(12-17)13-21-19(23)15-26-10-11-27-18-8-3-2-4-9-18/h2-9,12H,10-11,13-15H2,1H3,(H,21,23)(H,22,24). The van der Waals surface area contributed by atoms with Crippen molar-refractivity contribution in [2.75, 3.05) is 38.9 Å². The fourth-order valence-corrected chi connectivity index (χ4v) is 2.24. The van der Waals surface area contributed by atoms with Gasteiger partial charge in [0.2, 0.25) is 11.8 Å². The number of anilines is 1. The van der Waals surface area contributed by atoms with Crippen LogP contribution in [0.15, 0.2) is 54.6 Å². The van der Waals surface area contributed by atoms with Crippen molar-refractivity contribution < 1.29 is 23.8 Å². The van der Waals surface area contributed by atoms with Crippen LogP contribution in [0.1, 0.15) is 5.56 Å². The van der Waals surface area contributed by atoms with Gasteiger partial charge in [0.25, 0.3) is 0 Å². The van der Waals surface area contributed by atoms with E-state index in [0.717, 1.165) is 11.3 Å². The van der Waals surface area contributed by atoms with E-state index in [9.17, 15) is 9.59 Å². The molecular weight excluding hydrogens is 348 g/mol. The van der Waals surface area contributed by atoms with E-state index in [2.05, 4.69) is 10.6 Å². The van der Waals surface area contributed by atoms with Gasteiger partial charge in [-0.25, -0.2) is 0 Å². The summed E-state index contributed by atoms with van der Waals surface area (Å²) in [6.07, 6.45) is 0. The Morgan fingerprint density at radius 1 is 0.926 bits per heavy atom. The number of hydrogen-bond donors (Lipinski definition) is 2. The second kappa shape index (κ2) is 11.7. The van der Waals surface area contributed by atoms with E-state index < -0.39 is 0 Å². The summed E-state index contributed by atoms with van der Waals surface area (Å²) in [5.74, 6) is 0.316. The van der Waals surface area contributed by atoms with Gasteiger partial charge in [-0.2, -0.15) is 0 Å². The molecule has 0 aliphatic heterocycles. The molecule has 0 heterocycles. The van der Waals surface area contributed by atoms with Crippen LogP contribution in [0.2, 0.25) is 0 Å². The first-order valence-electron chi connectivity index (χ1n) is 8.57. The highest BCUT2D eigenvalue weighted by Gasteiger charge is 2.04. The lowest BCUT2D eigenvalue weighted by atomic mass is 10.2. The zero-order valence-corrected chi connectivity index (χ0v) is 15.3. The molecule has 0 saturated carbocycles. The van der Waals surface area contributed by atoms with Crippen molar-refractivity contribution in [3.63, 3.8) is 0 Å². The Morgan fingerprint density at radius 2 is 1.74 bits per heavy atom. The molecule has 144 valence electrons. The maximum atomic E-state index is 11.8. The minimum atomic E-state index is -0.232. The molecule has 27 heavy (non-hydrogen) atoms. The van der Waals surface area contributed by atoms with E-state index in [1.165, 1.54) is 7.11 Å². The fraction of sp³-hybridized carbons (Fsp3) is 0.300. The van der Waals surface area contributed by atoms with Crippen LogP contribution in [0.4, 0.5) is 5.69 Å². The zero-order chi connectivity index (χ0) is 19.3. The number of para-hydroxylation sites is 1. The summed E-state index contributed by atoms with van der Waals surface area (Å²) in [6, 6.07) is 16.6. The Bertz CT molecular complexity index is 721. The van der Waals surface area contributed by atoms with Crippen LogP contribution in [0.3, 0.4) is 0 Å². The average molecular weight is 372 g/mol. The van der Waals surface area contributed by atoms with Crippen LogP contribution in [0, 0.1) is 0 Å². The summed E-state index contributed by atoms with van der Waals surface area (Å²) in [7, 11) is 1.46. The largest absolute Gasteiger partial charge is 0.491 e. The van der Waals surface area contributed by atoms with Gasteiger partial charge in [-0.05, 0) is 29.8 Å². The van der Waals surface area contributed by atoms with E-state index in [0.29, 0.717) is 25.4 Å². The minimum Gasteiger partial charge on any atom is -0.491 e. The molecule has 2 rings (SSSR count). The van der Waals surface area contributed by atoms with Crippen LogP contribution in [0.25, 0.3) is 0 Å². The van der Waals surface area contributed by atoms with Crippen molar-refractivity contribution in [1.29, 1.82) is 0 Å². The predicted octanol–water partition coefficient (Wildman–Crippen LogP) is 1.98. The third-order valence-electron chi connectivity index (χ3n) is 3.45. The monoisotopic (exact) mass is 372 g/mol. The van der Waals surface area contributed by atoms with Crippen LogP contribution < -0.4 is 15.4 Å². The van der Waals surface area contributed by atoms with Gasteiger partial charge in [-0.15, -0.1) is 0 Å². The van der Waals surface area contributed by atoms with Gasteiger partial charge in [0, 0.05) is 19.3 Å². The maximum Gasteiger partial charge on any atom is 0.250 e. The molecule has 0 spiro atoms. The maximum absolute atomic E-state index is 11.8. The van der Waals surface area contributed by atoms with Gasteiger partial charge in [-0.1, -0.05) is 30.3 Å². The molecular formula is C20H24N2O5. The highest BCUT2D eigenvalue weighted by Crippen LogP contribution is 2.10. The van der Waals surface area contributed by atoms with Gasteiger partial charge in [0.1, 0.15) is 25.6 Å². The predicted molar refractivity (Wildman–Crippen MR) is 102 cm³/mol. The second-order valence-corrected chi connectivity index (χ2v) is 5.67. The smallest absolute Gasteiger partial charge is 0.250 e. The number of carbonyl (C=O) groups is 2. The van der Waals surface area contributed by atoms with Gasteiger partial charge in [0.15, 0.2) is 0 Å². The fourth-order valence-electron chi connectivity index (χ4n) is 2.24. The van der Waals surface area contributed by atoms with Crippen LogP contribution in [0.5, 0.6) is 5.75 Å². The van der Waals surface area contributed by atoms with Crippen molar-refractivity contribution in [2.45, 2.75) is 6.54 Å². The van der Waals surface area contributed by atoms with Crippen molar-refractivity contribution in [2.24, 2.45) is 0 Å². The number of rotatable bonds is 11. The topological polar surface area (TPSA) is 85.9 Å². The molecule has 0 radical (unpaired) electrons. The summed E-state index contributed by atoms with van der Waals surface area (Å²) < 4.78 is 15.6. The zero-order valence-electron chi connectivity index (χ0n) is 15.3. The number of amides is 2. The summed E-state index contributed by atoms with van der Waals surface area (Å²) in [5.41, 5.74) is 1.52. The van der Waals surface area contributed by atoms with E-state index in [-0.39, 0.29) is 25.0 Å². The van der Waals surface area contributed by atoms with Crippen molar-refractivity contribution in [3.8, 4) is 5.75 Å². The lowest BCUT2D eigenvalue weighted by Crippen LogP contribution is -2.28. The Hall–Kier alpha value is -2.90. The molecule has 7 heteroatoms. The molecule has 7 nitrogen and oxygen atoms in total. The van der Waals surface area contributed by atoms with Crippen molar-refractivity contribution in [3.05, 3.63) is 60.2 Å². The molecule has 2 N–H and O–H groups in total. The van der Waals surface area contributed by atoms with Gasteiger partial charge in [-0.3, -0.25) is 9.59 Å². The van der Waals surface area contributed by atoms with Crippen LogP contribution in [-0.2, 0) is 25.6 Å². The quantitative estimate of drug-likeness (QED) is 0.589. The SMILES string of the molecule is COCC(=O)Nc1cccc(CNC(=O)COCCOc2ccccc2)c1. The first-order valence-corrected chi connectivity index (χ1v) is 8.57. The first kappa shape index (κ1) is 20.4. The number of nitrogens with one attached hydrogen (secondary N) is 2. The molecule has 0 aliphatic rings. The van der Waals surface area contributed by atoms with Gasteiger partial charge >= 0.3 is 0 Å². The Balaban J connectivity index is 1.63. The number of benzene rings is 2. The molecule has 2 amide bonds. The first-order chi connectivity index (χ1) is 13.2. The number of methoxy groups -OCH3 is 1. The van der Waals surface area contributed by atoms with Gasteiger partial charge < -0.3 is 24.8 Å². The molecule has 0 bridgehead atoms. The highest BCUT2D eigenvalue weighted by molar-refractivity contribution is 5.91. The molecule has 0 atom stereocenters. The Labute approximate surface area is 158 Å². The van der Waals surface area contributed by atoms with Crippen LogP contribution >= 0.6 is 0 Å². The normalized spacial score (nSPS) is 10.3. The Morgan fingerprint density at radius 3 is 2.52 bits per heavy atom. The second-order valence-electron chi connectivity index (χ2n) is 5.67. The molecule has 0 aromatic heterocycles. The third kappa shape index (κ3) is 8.35. The average Bonchev–Trinajstić information content (AvgIpc) is 2.67. The number of carbonyl (C=O) groups excluding carboxylic acids is 2. The molecule has 0 unspecified atom stereocenters. The summed E-state index contributed by atoms with van der Waals surface area (Å²) in [6.45, 7) is 0.995. The molecule has 2 aromatic carbocycles. The van der Waals surface area contributed by atoms with E-state index in [1.807, 2.05) is 36.4 Å². The summed E-state index contributed by atoms with van der Waals surface area (Å²) in [4.78, 5) is 23.4.